The van der Waals surface area contributed by atoms with Crippen molar-refractivity contribution in [2.45, 2.75) is 56.4 Å². The molecule has 3 aliphatic rings. The number of ether oxygens (including phenoxy) is 2. The predicted octanol–water partition coefficient (Wildman–Crippen LogP) is 2.65. The molecule has 1 aromatic carbocycles. The Morgan fingerprint density at radius 3 is 2.38 bits per heavy atom. The Hall–Kier alpha value is -1.80. The van der Waals surface area contributed by atoms with Crippen LogP contribution in [0.3, 0.4) is 0 Å². The quantitative estimate of drug-likeness (QED) is 0.749. The van der Waals surface area contributed by atoms with Crippen molar-refractivity contribution in [2.24, 2.45) is 5.92 Å². The highest BCUT2D eigenvalue weighted by atomic mass is 32.2. The van der Waals surface area contributed by atoms with Crippen LogP contribution in [0.4, 0.5) is 0 Å². The summed E-state index contributed by atoms with van der Waals surface area (Å²) in [6.45, 7) is 4.87. The van der Waals surface area contributed by atoms with Crippen molar-refractivity contribution in [3.63, 3.8) is 0 Å². The fourth-order valence-corrected chi connectivity index (χ4v) is 5.69. The number of nitrogens with zero attached hydrogens (tertiary/aromatic N) is 2. The lowest BCUT2D eigenvalue weighted by atomic mass is 10.0. The molecule has 0 spiro atoms. The van der Waals surface area contributed by atoms with E-state index in [-0.39, 0.29) is 17.4 Å². The Morgan fingerprint density at radius 1 is 1.00 bits per heavy atom. The first-order chi connectivity index (χ1) is 13.9. The minimum atomic E-state index is -3.55. The molecule has 1 amide bonds. The van der Waals surface area contributed by atoms with Gasteiger partial charge in [-0.25, -0.2) is 8.42 Å². The third kappa shape index (κ3) is 4.38. The van der Waals surface area contributed by atoms with Crippen LogP contribution in [0.1, 0.15) is 45.4 Å². The smallest absolute Gasteiger partial charge is 0.267 e. The highest BCUT2D eigenvalue weighted by molar-refractivity contribution is 7.89. The molecule has 29 heavy (non-hydrogen) atoms. The summed E-state index contributed by atoms with van der Waals surface area (Å²) >= 11 is 0. The van der Waals surface area contributed by atoms with E-state index in [2.05, 4.69) is 6.92 Å². The van der Waals surface area contributed by atoms with Crippen molar-refractivity contribution in [3.05, 3.63) is 18.2 Å². The maximum absolute atomic E-state index is 13.0. The molecule has 0 aromatic heterocycles. The summed E-state index contributed by atoms with van der Waals surface area (Å²) < 4.78 is 39.1. The molecule has 1 aromatic rings. The highest BCUT2D eigenvalue weighted by Crippen LogP contribution is 2.35. The van der Waals surface area contributed by atoms with Crippen molar-refractivity contribution in [2.75, 3.05) is 32.8 Å². The number of likely N-dealkylation sites (tertiary alicyclic amines) is 1. The van der Waals surface area contributed by atoms with Gasteiger partial charge in [0.1, 0.15) is 6.61 Å². The lowest BCUT2D eigenvalue weighted by Crippen LogP contribution is -2.46. The van der Waals surface area contributed by atoms with E-state index in [0.717, 1.165) is 51.6 Å². The molecule has 0 saturated carbocycles. The van der Waals surface area contributed by atoms with Gasteiger partial charge in [0.25, 0.3) is 5.91 Å². The van der Waals surface area contributed by atoms with Crippen molar-refractivity contribution < 1.29 is 22.7 Å². The third-order valence-corrected chi connectivity index (χ3v) is 8.04. The molecule has 160 valence electrons. The minimum absolute atomic E-state index is 0.0447. The molecule has 1 atom stereocenters. The van der Waals surface area contributed by atoms with Crippen molar-refractivity contribution in [1.82, 2.24) is 9.21 Å². The molecule has 0 N–H and O–H groups in total. The Balaban J connectivity index is 1.46. The second-order valence-electron chi connectivity index (χ2n) is 8.35. The Labute approximate surface area is 173 Å². The minimum Gasteiger partial charge on any atom is -0.485 e. The van der Waals surface area contributed by atoms with Gasteiger partial charge in [0.05, 0.1) is 4.90 Å². The van der Waals surface area contributed by atoms with Crippen LogP contribution in [0, 0.1) is 5.92 Å². The summed E-state index contributed by atoms with van der Waals surface area (Å²) in [6, 6.07) is 4.68. The number of hydrogen-bond acceptors (Lipinski definition) is 5. The van der Waals surface area contributed by atoms with Gasteiger partial charge in [-0.05, 0) is 43.7 Å². The van der Waals surface area contributed by atoms with Gasteiger partial charge < -0.3 is 14.4 Å². The number of carbonyl (C=O) groups is 1. The second kappa shape index (κ2) is 8.52. The fourth-order valence-electron chi connectivity index (χ4n) is 4.20. The van der Waals surface area contributed by atoms with Crippen LogP contribution < -0.4 is 9.47 Å². The molecule has 3 heterocycles. The van der Waals surface area contributed by atoms with Crippen molar-refractivity contribution >= 4 is 15.9 Å². The number of rotatable bonds is 3. The first kappa shape index (κ1) is 20.5. The lowest BCUT2D eigenvalue weighted by molar-refractivity contribution is -0.141. The number of carbonyl (C=O) groups excluding carboxylic acids is 1. The fraction of sp³-hybridized carbons (Fsp3) is 0.667. The second-order valence-corrected chi connectivity index (χ2v) is 10.3. The van der Waals surface area contributed by atoms with Gasteiger partial charge in [-0.2, -0.15) is 4.31 Å². The zero-order valence-corrected chi connectivity index (χ0v) is 17.8. The van der Waals surface area contributed by atoms with Gasteiger partial charge in [-0.15, -0.1) is 0 Å². The monoisotopic (exact) mass is 422 g/mol. The lowest BCUT2D eigenvalue weighted by Gasteiger charge is -2.31. The zero-order chi connectivity index (χ0) is 20.4. The zero-order valence-electron chi connectivity index (χ0n) is 17.0. The maximum Gasteiger partial charge on any atom is 0.267 e. The topological polar surface area (TPSA) is 76.2 Å². The van der Waals surface area contributed by atoms with Gasteiger partial charge in [0.2, 0.25) is 16.1 Å². The van der Waals surface area contributed by atoms with E-state index in [0.29, 0.717) is 30.5 Å². The molecule has 4 rings (SSSR count). The number of benzene rings is 1. The van der Waals surface area contributed by atoms with Crippen molar-refractivity contribution in [3.8, 4) is 11.5 Å². The van der Waals surface area contributed by atoms with E-state index in [1.54, 1.807) is 16.4 Å². The van der Waals surface area contributed by atoms with Crippen LogP contribution in [0.2, 0.25) is 0 Å². The van der Waals surface area contributed by atoms with Gasteiger partial charge in [-0.3, -0.25) is 4.79 Å². The molecule has 7 nitrogen and oxygen atoms in total. The molecular weight excluding hydrogens is 392 g/mol. The van der Waals surface area contributed by atoms with E-state index >= 15 is 0 Å². The molecule has 2 fully saturated rings. The number of fused-ring (bicyclic) bond motifs is 1. The maximum atomic E-state index is 13.0. The molecule has 2 saturated heterocycles. The Kier molecular flexibility index (Phi) is 6.01. The largest absolute Gasteiger partial charge is 0.485 e. The molecular formula is C21H30N2O5S. The molecule has 0 bridgehead atoms. The SMILES string of the molecule is CC1CCN(S(=O)(=O)c2ccc3c(c2)OC[C@H](C(=O)N2CCCCCC2)O3)CC1. The normalized spacial score (nSPS) is 24.2. The Bertz CT molecular complexity index is 841. The van der Waals surface area contributed by atoms with Crippen LogP contribution in [0.5, 0.6) is 11.5 Å². The highest BCUT2D eigenvalue weighted by Gasteiger charge is 2.33. The molecule has 0 unspecified atom stereocenters. The first-order valence-corrected chi connectivity index (χ1v) is 12.1. The summed E-state index contributed by atoms with van der Waals surface area (Å²) in [6.07, 6.45) is 5.43. The van der Waals surface area contributed by atoms with Gasteiger partial charge >= 0.3 is 0 Å². The van der Waals surface area contributed by atoms with Crippen LogP contribution in [0.25, 0.3) is 0 Å². The summed E-state index contributed by atoms with van der Waals surface area (Å²) in [7, 11) is -3.55. The van der Waals surface area contributed by atoms with E-state index in [1.165, 1.54) is 6.07 Å². The first-order valence-electron chi connectivity index (χ1n) is 10.7. The van der Waals surface area contributed by atoms with Crippen LogP contribution >= 0.6 is 0 Å². The number of piperidine rings is 1. The molecule has 0 aliphatic carbocycles. The molecule has 0 radical (unpaired) electrons. The van der Waals surface area contributed by atoms with Gasteiger partial charge in [-0.1, -0.05) is 19.8 Å². The van der Waals surface area contributed by atoms with Crippen LogP contribution in [0.15, 0.2) is 23.1 Å². The van der Waals surface area contributed by atoms with E-state index in [1.807, 2.05) is 4.90 Å². The van der Waals surface area contributed by atoms with E-state index in [4.69, 9.17) is 9.47 Å². The number of hydrogen-bond donors (Lipinski definition) is 0. The van der Waals surface area contributed by atoms with E-state index in [9.17, 15) is 13.2 Å². The number of amides is 1. The number of sulfonamides is 1. The summed E-state index contributed by atoms with van der Waals surface area (Å²) in [5.41, 5.74) is 0. The van der Waals surface area contributed by atoms with Gasteiger partial charge in [0.15, 0.2) is 11.5 Å². The summed E-state index contributed by atoms with van der Waals surface area (Å²) in [4.78, 5) is 14.9. The summed E-state index contributed by atoms with van der Waals surface area (Å²) in [5, 5.41) is 0. The average molecular weight is 423 g/mol. The average Bonchev–Trinajstić information content (AvgIpc) is 3.02. The van der Waals surface area contributed by atoms with E-state index < -0.39 is 16.1 Å². The van der Waals surface area contributed by atoms with Crippen molar-refractivity contribution in [1.29, 1.82) is 0 Å². The summed E-state index contributed by atoms with van der Waals surface area (Å²) in [5.74, 6) is 1.32. The molecule has 8 heteroatoms. The van der Waals surface area contributed by atoms with Crippen LogP contribution in [-0.2, 0) is 14.8 Å². The Morgan fingerprint density at radius 2 is 1.69 bits per heavy atom. The van der Waals surface area contributed by atoms with Crippen LogP contribution in [-0.4, -0.2) is 62.4 Å². The van der Waals surface area contributed by atoms with Gasteiger partial charge in [0, 0.05) is 32.2 Å². The predicted molar refractivity (Wildman–Crippen MR) is 109 cm³/mol. The standard InChI is InChI=1S/C21H30N2O5S/c1-16-8-12-23(13-9-16)29(25,26)17-6-7-18-19(14-17)27-15-20(28-18)21(24)22-10-4-2-3-5-11-22/h6-7,14,16,20H,2-5,8-13,15H2,1H3/t20-/m1/s1. The molecule has 3 aliphatic heterocycles. The third-order valence-electron chi connectivity index (χ3n) is 6.15.